The van der Waals surface area contributed by atoms with E-state index in [1.54, 1.807) is 6.20 Å². The predicted molar refractivity (Wildman–Crippen MR) is 117 cm³/mol. The summed E-state index contributed by atoms with van der Waals surface area (Å²) in [6, 6.07) is 4.35. The highest BCUT2D eigenvalue weighted by Gasteiger charge is 2.52. The molecule has 0 amide bonds. The van der Waals surface area contributed by atoms with Gasteiger partial charge in [-0.15, -0.1) is 0 Å². The molecule has 162 valence electrons. The second kappa shape index (κ2) is 6.90. The number of aliphatic hydroxyl groups is 1. The Balaban J connectivity index is 1.10. The minimum Gasteiger partial charge on any atom is -0.374 e. The molecule has 1 unspecified atom stereocenters. The molecule has 3 aromatic rings. The van der Waals surface area contributed by atoms with E-state index in [2.05, 4.69) is 44.6 Å². The summed E-state index contributed by atoms with van der Waals surface area (Å²) in [5, 5.41) is 25.9. The van der Waals surface area contributed by atoms with Crippen LogP contribution in [-0.2, 0) is 13.0 Å². The van der Waals surface area contributed by atoms with Crippen LogP contribution < -0.4 is 10.2 Å². The number of aromatic amines is 1. The average molecular weight is 420 g/mol. The molecular weight excluding hydrogens is 390 g/mol. The molecule has 6 rings (SSSR count). The van der Waals surface area contributed by atoms with Crippen LogP contribution in [0.15, 0.2) is 24.5 Å². The number of aryl methyl sites for hydroxylation is 2. The van der Waals surface area contributed by atoms with E-state index in [0.717, 1.165) is 60.0 Å². The Kier molecular flexibility index (Phi) is 4.23. The van der Waals surface area contributed by atoms with E-state index in [9.17, 15) is 5.11 Å². The van der Waals surface area contributed by atoms with Crippen LogP contribution in [0.1, 0.15) is 65.3 Å². The first kappa shape index (κ1) is 19.0. The first-order valence-electron chi connectivity index (χ1n) is 11.2. The van der Waals surface area contributed by atoms with Crippen molar-refractivity contribution in [3.05, 3.63) is 58.3 Å². The van der Waals surface area contributed by atoms with Gasteiger partial charge in [-0.2, -0.15) is 10.2 Å². The fourth-order valence-corrected chi connectivity index (χ4v) is 5.07. The smallest absolute Gasteiger partial charge is 0.134 e. The minimum absolute atomic E-state index is 0.0635. The third-order valence-electron chi connectivity index (χ3n) is 7.29. The van der Waals surface area contributed by atoms with Gasteiger partial charge in [0.1, 0.15) is 12.0 Å². The molecule has 2 fully saturated rings. The number of pyridine rings is 1. The van der Waals surface area contributed by atoms with Gasteiger partial charge in [-0.1, -0.05) is 6.07 Å². The van der Waals surface area contributed by atoms with E-state index >= 15 is 0 Å². The first-order valence-corrected chi connectivity index (χ1v) is 11.2. The SMILES string of the molecule is Cc1nc(N2CC3(CC3)C2)ccc1Cn1cc(C(O)N[C@@H]2CCc3c2n[nH]c3C)cn1. The maximum absolute atomic E-state index is 10.7. The zero-order valence-electron chi connectivity index (χ0n) is 18.1. The van der Waals surface area contributed by atoms with Crippen LogP contribution in [0.2, 0.25) is 0 Å². The summed E-state index contributed by atoms with van der Waals surface area (Å²) in [6.07, 6.45) is 7.57. The molecule has 8 nitrogen and oxygen atoms in total. The molecule has 4 heterocycles. The number of hydrogen-bond donors (Lipinski definition) is 3. The van der Waals surface area contributed by atoms with Gasteiger partial charge in [0.25, 0.3) is 0 Å². The number of rotatable bonds is 6. The normalized spacial score (nSPS) is 21.9. The Bertz CT molecular complexity index is 1120. The van der Waals surface area contributed by atoms with Gasteiger partial charge in [-0.25, -0.2) is 4.98 Å². The quantitative estimate of drug-likeness (QED) is 0.532. The molecule has 2 atom stereocenters. The van der Waals surface area contributed by atoms with Gasteiger partial charge in [-0.05, 0) is 56.7 Å². The van der Waals surface area contributed by atoms with Gasteiger partial charge < -0.3 is 10.0 Å². The third kappa shape index (κ3) is 3.34. The topological polar surface area (TPSA) is 94.9 Å². The zero-order valence-corrected chi connectivity index (χ0v) is 18.1. The molecule has 1 spiro atoms. The fourth-order valence-electron chi connectivity index (χ4n) is 5.07. The van der Waals surface area contributed by atoms with Crippen LogP contribution >= 0.6 is 0 Å². The van der Waals surface area contributed by atoms with Crippen molar-refractivity contribution in [3.63, 3.8) is 0 Å². The summed E-state index contributed by atoms with van der Waals surface area (Å²) in [4.78, 5) is 7.21. The molecule has 2 aliphatic carbocycles. The van der Waals surface area contributed by atoms with E-state index in [4.69, 9.17) is 4.98 Å². The summed E-state index contributed by atoms with van der Waals surface area (Å²) in [5.41, 5.74) is 7.01. The number of aromatic nitrogens is 5. The van der Waals surface area contributed by atoms with Crippen LogP contribution in [-0.4, -0.2) is 43.2 Å². The lowest BCUT2D eigenvalue weighted by molar-refractivity contribution is 0.122. The molecule has 3 aliphatic rings. The van der Waals surface area contributed by atoms with Crippen LogP contribution in [0.4, 0.5) is 5.82 Å². The number of anilines is 1. The Hall–Kier alpha value is -2.71. The lowest BCUT2D eigenvalue weighted by atomic mass is 9.97. The molecule has 0 radical (unpaired) electrons. The van der Waals surface area contributed by atoms with E-state index in [1.165, 1.54) is 18.4 Å². The monoisotopic (exact) mass is 419 g/mol. The van der Waals surface area contributed by atoms with Crippen LogP contribution in [0.3, 0.4) is 0 Å². The molecule has 3 N–H and O–H groups in total. The summed E-state index contributed by atoms with van der Waals surface area (Å²) in [6.45, 7) is 7.07. The average Bonchev–Trinajstić information content (AvgIpc) is 3.04. The summed E-state index contributed by atoms with van der Waals surface area (Å²) < 4.78 is 1.87. The summed E-state index contributed by atoms with van der Waals surface area (Å²) in [5.74, 6) is 1.09. The second-order valence-corrected chi connectivity index (χ2v) is 9.61. The molecule has 31 heavy (non-hydrogen) atoms. The molecule has 3 aromatic heterocycles. The van der Waals surface area contributed by atoms with Gasteiger partial charge >= 0.3 is 0 Å². The highest BCUT2D eigenvalue weighted by atomic mass is 16.3. The second-order valence-electron chi connectivity index (χ2n) is 9.61. The predicted octanol–water partition coefficient (Wildman–Crippen LogP) is 2.53. The van der Waals surface area contributed by atoms with Crippen molar-refractivity contribution in [3.8, 4) is 0 Å². The van der Waals surface area contributed by atoms with Crippen molar-refractivity contribution in [1.29, 1.82) is 0 Å². The number of nitrogens with zero attached hydrogens (tertiary/aromatic N) is 5. The van der Waals surface area contributed by atoms with Crippen molar-refractivity contribution in [2.24, 2.45) is 5.41 Å². The number of fused-ring (bicyclic) bond motifs is 1. The first-order chi connectivity index (χ1) is 15.0. The fraction of sp³-hybridized carbons (Fsp3) is 0.522. The highest BCUT2D eigenvalue weighted by Crippen LogP contribution is 2.53. The van der Waals surface area contributed by atoms with E-state index < -0.39 is 6.23 Å². The number of hydrogen-bond acceptors (Lipinski definition) is 6. The number of nitrogens with one attached hydrogen (secondary N) is 2. The number of aliphatic hydroxyl groups excluding tert-OH is 1. The third-order valence-corrected chi connectivity index (χ3v) is 7.29. The highest BCUT2D eigenvalue weighted by molar-refractivity contribution is 5.46. The molecule has 1 saturated heterocycles. The van der Waals surface area contributed by atoms with Crippen LogP contribution in [0.5, 0.6) is 0 Å². The van der Waals surface area contributed by atoms with Gasteiger partial charge in [0.15, 0.2) is 0 Å². The van der Waals surface area contributed by atoms with E-state index in [0.29, 0.717) is 12.0 Å². The van der Waals surface area contributed by atoms with Crippen molar-refractivity contribution in [1.82, 2.24) is 30.3 Å². The van der Waals surface area contributed by atoms with Gasteiger partial charge in [0, 0.05) is 41.7 Å². The minimum atomic E-state index is -0.774. The maximum Gasteiger partial charge on any atom is 0.134 e. The van der Waals surface area contributed by atoms with Crippen molar-refractivity contribution in [2.45, 2.75) is 58.3 Å². The standard InChI is InChI=1S/C23H29N7O/c1-14-16(3-6-20(25-14)29-12-23(13-29)7-8-23)10-30-11-17(9-24-30)22(31)26-19-5-4-18-15(2)27-28-21(18)19/h3,6,9,11,19,22,26,31H,4-5,7-8,10,12-13H2,1-2H3,(H,27,28)/t19-,22?/m1/s1. The van der Waals surface area contributed by atoms with Gasteiger partial charge in [0.2, 0.25) is 0 Å². The molecular formula is C23H29N7O. The number of H-pyrrole nitrogens is 1. The lowest BCUT2D eigenvalue weighted by Crippen LogP contribution is -2.48. The Labute approximate surface area is 181 Å². The molecule has 1 saturated carbocycles. The molecule has 8 heteroatoms. The Morgan fingerprint density at radius 1 is 1.29 bits per heavy atom. The summed E-state index contributed by atoms with van der Waals surface area (Å²) >= 11 is 0. The van der Waals surface area contributed by atoms with Crippen molar-refractivity contribution >= 4 is 5.82 Å². The summed E-state index contributed by atoms with van der Waals surface area (Å²) in [7, 11) is 0. The van der Waals surface area contributed by atoms with Crippen LogP contribution in [0.25, 0.3) is 0 Å². The van der Waals surface area contributed by atoms with E-state index in [1.807, 2.05) is 17.8 Å². The van der Waals surface area contributed by atoms with Crippen molar-refractivity contribution in [2.75, 3.05) is 18.0 Å². The largest absolute Gasteiger partial charge is 0.374 e. The zero-order chi connectivity index (χ0) is 21.2. The Morgan fingerprint density at radius 3 is 2.90 bits per heavy atom. The van der Waals surface area contributed by atoms with E-state index in [-0.39, 0.29) is 6.04 Å². The van der Waals surface area contributed by atoms with Gasteiger partial charge in [0.05, 0.1) is 24.5 Å². The maximum atomic E-state index is 10.7. The molecule has 0 bridgehead atoms. The van der Waals surface area contributed by atoms with Gasteiger partial charge in [-0.3, -0.25) is 15.1 Å². The molecule has 0 aromatic carbocycles. The lowest BCUT2D eigenvalue weighted by Gasteiger charge is -2.41. The van der Waals surface area contributed by atoms with Crippen molar-refractivity contribution < 1.29 is 5.11 Å². The molecule has 1 aliphatic heterocycles. The van der Waals surface area contributed by atoms with Crippen LogP contribution in [0, 0.1) is 19.3 Å². The Morgan fingerprint density at radius 2 is 2.13 bits per heavy atom.